The Kier molecular flexibility index (Phi) is 6.60. The lowest BCUT2D eigenvalue weighted by Gasteiger charge is -2.35. The normalized spacial score (nSPS) is 14.3. The van der Waals surface area contributed by atoms with E-state index in [0.717, 1.165) is 31.9 Å². The number of anilines is 2. The number of phenolic OH excluding ortho intramolecular Hbond substituents is 1. The summed E-state index contributed by atoms with van der Waals surface area (Å²) in [5.74, 6) is 1.37. The maximum Gasteiger partial charge on any atom is 0.238 e. The molecular formula is C24H24ClN3O3. The maximum absolute atomic E-state index is 12.7. The second kappa shape index (κ2) is 9.73. The average Bonchev–Trinajstić information content (AvgIpc) is 2.77. The van der Waals surface area contributed by atoms with E-state index in [4.69, 9.17) is 16.3 Å². The van der Waals surface area contributed by atoms with Gasteiger partial charge in [0.2, 0.25) is 5.91 Å². The molecule has 3 aromatic carbocycles. The number of para-hydroxylation sites is 3. The van der Waals surface area contributed by atoms with E-state index in [1.807, 2.05) is 48.5 Å². The first-order valence-electron chi connectivity index (χ1n) is 10.2. The summed E-state index contributed by atoms with van der Waals surface area (Å²) in [5.41, 5.74) is 1.36. The molecule has 0 saturated carbocycles. The van der Waals surface area contributed by atoms with Crippen molar-refractivity contribution < 1.29 is 14.6 Å². The Bertz CT molecular complexity index is 1040. The molecule has 0 radical (unpaired) electrons. The molecule has 0 bridgehead atoms. The highest BCUT2D eigenvalue weighted by molar-refractivity contribution is 6.31. The molecule has 3 aromatic rings. The standard InChI is InChI=1S/C24H24ClN3O3/c25-18-10-11-23(31-19-6-2-1-3-7-19)20(16-18)26-24(30)17-27-12-14-28(15-13-27)21-8-4-5-9-22(21)29/h1-11,16,29H,12-15,17H2,(H,26,30). The molecule has 6 nitrogen and oxygen atoms in total. The topological polar surface area (TPSA) is 65.0 Å². The van der Waals surface area contributed by atoms with Gasteiger partial charge in [-0.2, -0.15) is 0 Å². The summed E-state index contributed by atoms with van der Waals surface area (Å²) in [4.78, 5) is 16.9. The van der Waals surface area contributed by atoms with E-state index in [0.29, 0.717) is 22.2 Å². The van der Waals surface area contributed by atoms with Gasteiger partial charge in [-0.3, -0.25) is 9.69 Å². The van der Waals surface area contributed by atoms with Crippen LogP contribution in [0, 0.1) is 0 Å². The molecule has 0 spiro atoms. The van der Waals surface area contributed by atoms with E-state index in [-0.39, 0.29) is 18.2 Å². The lowest BCUT2D eigenvalue weighted by molar-refractivity contribution is -0.117. The highest BCUT2D eigenvalue weighted by atomic mass is 35.5. The van der Waals surface area contributed by atoms with Crippen LogP contribution in [0.1, 0.15) is 0 Å². The van der Waals surface area contributed by atoms with E-state index in [1.54, 1.807) is 24.3 Å². The molecule has 160 valence electrons. The van der Waals surface area contributed by atoms with Gasteiger partial charge in [0.05, 0.1) is 17.9 Å². The van der Waals surface area contributed by atoms with E-state index < -0.39 is 0 Å². The number of benzene rings is 3. The fourth-order valence-corrected chi connectivity index (χ4v) is 3.75. The minimum absolute atomic E-state index is 0.129. The molecule has 4 rings (SSSR count). The minimum atomic E-state index is -0.129. The number of piperazine rings is 1. The molecule has 1 heterocycles. The fraction of sp³-hybridized carbons (Fsp3) is 0.208. The van der Waals surface area contributed by atoms with Crippen molar-refractivity contribution in [2.45, 2.75) is 0 Å². The molecule has 0 aromatic heterocycles. The zero-order chi connectivity index (χ0) is 21.6. The first-order valence-corrected chi connectivity index (χ1v) is 10.5. The average molecular weight is 438 g/mol. The molecule has 2 N–H and O–H groups in total. The number of halogens is 1. The first-order chi connectivity index (χ1) is 15.1. The quantitative estimate of drug-likeness (QED) is 0.590. The van der Waals surface area contributed by atoms with Crippen molar-refractivity contribution in [1.82, 2.24) is 4.90 Å². The van der Waals surface area contributed by atoms with Crippen LogP contribution in [0.2, 0.25) is 5.02 Å². The Morgan fingerprint density at radius 3 is 2.42 bits per heavy atom. The van der Waals surface area contributed by atoms with Crippen LogP contribution in [-0.4, -0.2) is 48.6 Å². The summed E-state index contributed by atoms with van der Waals surface area (Å²) in [5, 5.41) is 13.5. The summed E-state index contributed by atoms with van der Waals surface area (Å²) >= 11 is 6.14. The van der Waals surface area contributed by atoms with Crippen molar-refractivity contribution >= 4 is 28.9 Å². The summed E-state index contributed by atoms with van der Waals surface area (Å²) in [7, 11) is 0. The third-order valence-electron chi connectivity index (χ3n) is 5.15. The predicted molar refractivity (Wildman–Crippen MR) is 123 cm³/mol. The number of ether oxygens (including phenoxy) is 1. The van der Waals surface area contributed by atoms with Gasteiger partial charge in [0.15, 0.2) is 5.75 Å². The molecule has 0 atom stereocenters. The van der Waals surface area contributed by atoms with Gasteiger partial charge in [-0.1, -0.05) is 41.9 Å². The van der Waals surface area contributed by atoms with Crippen LogP contribution in [0.3, 0.4) is 0 Å². The summed E-state index contributed by atoms with van der Waals surface area (Å²) in [6.07, 6.45) is 0. The molecule has 1 saturated heterocycles. The number of carbonyl (C=O) groups excluding carboxylic acids is 1. The van der Waals surface area contributed by atoms with E-state index in [2.05, 4.69) is 15.1 Å². The van der Waals surface area contributed by atoms with Gasteiger partial charge >= 0.3 is 0 Å². The zero-order valence-corrected chi connectivity index (χ0v) is 17.8. The van der Waals surface area contributed by atoms with Crippen LogP contribution in [-0.2, 0) is 4.79 Å². The van der Waals surface area contributed by atoms with Gasteiger partial charge in [-0.15, -0.1) is 0 Å². The number of rotatable bonds is 6. The second-order valence-electron chi connectivity index (χ2n) is 7.36. The van der Waals surface area contributed by atoms with Gasteiger partial charge in [-0.05, 0) is 42.5 Å². The molecule has 31 heavy (non-hydrogen) atoms. The molecule has 0 unspecified atom stereocenters. The summed E-state index contributed by atoms with van der Waals surface area (Å²) < 4.78 is 5.91. The number of nitrogens with one attached hydrogen (secondary N) is 1. The van der Waals surface area contributed by atoms with Gasteiger partial charge in [0, 0.05) is 31.2 Å². The Labute approximate surface area is 186 Å². The first kappa shape index (κ1) is 21.0. The molecule has 1 amide bonds. The highest BCUT2D eigenvalue weighted by Gasteiger charge is 2.21. The molecular weight excluding hydrogens is 414 g/mol. The molecule has 1 fully saturated rings. The number of amides is 1. The smallest absolute Gasteiger partial charge is 0.238 e. The van der Waals surface area contributed by atoms with Crippen LogP contribution < -0.4 is 15.0 Å². The number of aromatic hydroxyl groups is 1. The summed E-state index contributed by atoms with van der Waals surface area (Å²) in [6.45, 7) is 3.20. The molecule has 0 aliphatic carbocycles. The third-order valence-corrected chi connectivity index (χ3v) is 5.38. The van der Waals surface area contributed by atoms with Crippen LogP contribution >= 0.6 is 11.6 Å². The number of carbonyl (C=O) groups is 1. The SMILES string of the molecule is O=C(CN1CCN(c2ccccc2O)CC1)Nc1cc(Cl)ccc1Oc1ccccc1. The number of hydrogen-bond acceptors (Lipinski definition) is 5. The van der Waals surface area contributed by atoms with Gasteiger partial charge < -0.3 is 20.1 Å². The van der Waals surface area contributed by atoms with Crippen LogP contribution in [0.25, 0.3) is 0 Å². The second-order valence-corrected chi connectivity index (χ2v) is 7.79. The van der Waals surface area contributed by atoms with Crippen LogP contribution in [0.15, 0.2) is 72.8 Å². The van der Waals surface area contributed by atoms with Gasteiger partial charge in [-0.25, -0.2) is 0 Å². The van der Waals surface area contributed by atoms with Gasteiger partial charge in [0.25, 0.3) is 0 Å². The minimum Gasteiger partial charge on any atom is -0.506 e. The fourth-order valence-electron chi connectivity index (χ4n) is 3.58. The Balaban J connectivity index is 1.35. The molecule has 7 heteroatoms. The van der Waals surface area contributed by atoms with Crippen molar-refractivity contribution in [3.05, 3.63) is 77.8 Å². The third kappa shape index (κ3) is 5.48. The van der Waals surface area contributed by atoms with Crippen molar-refractivity contribution in [2.24, 2.45) is 0 Å². The predicted octanol–water partition coefficient (Wildman–Crippen LogP) is 4.60. The van der Waals surface area contributed by atoms with E-state index >= 15 is 0 Å². The Hall–Kier alpha value is -3.22. The number of nitrogens with zero attached hydrogens (tertiary/aromatic N) is 2. The van der Waals surface area contributed by atoms with Crippen molar-refractivity contribution in [3.63, 3.8) is 0 Å². The van der Waals surface area contributed by atoms with Crippen LogP contribution in [0.4, 0.5) is 11.4 Å². The molecule has 1 aliphatic rings. The van der Waals surface area contributed by atoms with Crippen molar-refractivity contribution in [3.8, 4) is 17.2 Å². The van der Waals surface area contributed by atoms with E-state index in [9.17, 15) is 9.90 Å². The zero-order valence-electron chi connectivity index (χ0n) is 17.0. The van der Waals surface area contributed by atoms with Crippen molar-refractivity contribution in [2.75, 3.05) is 42.9 Å². The largest absolute Gasteiger partial charge is 0.506 e. The number of hydrogen-bond donors (Lipinski definition) is 2. The lowest BCUT2D eigenvalue weighted by atomic mass is 10.2. The maximum atomic E-state index is 12.7. The Morgan fingerprint density at radius 1 is 0.968 bits per heavy atom. The highest BCUT2D eigenvalue weighted by Crippen LogP contribution is 2.32. The Morgan fingerprint density at radius 2 is 1.68 bits per heavy atom. The lowest BCUT2D eigenvalue weighted by Crippen LogP contribution is -2.48. The number of phenols is 1. The van der Waals surface area contributed by atoms with Gasteiger partial charge in [0.1, 0.15) is 11.5 Å². The van der Waals surface area contributed by atoms with Crippen LogP contribution in [0.5, 0.6) is 17.2 Å². The van der Waals surface area contributed by atoms with E-state index in [1.165, 1.54) is 0 Å². The summed E-state index contributed by atoms with van der Waals surface area (Å²) in [6, 6.07) is 21.9. The van der Waals surface area contributed by atoms with Crippen molar-refractivity contribution in [1.29, 1.82) is 0 Å². The molecule has 1 aliphatic heterocycles. The monoisotopic (exact) mass is 437 g/mol.